The van der Waals surface area contributed by atoms with E-state index in [-0.39, 0.29) is 18.3 Å². The van der Waals surface area contributed by atoms with Crippen molar-refractivity contribution in [1.82, 2.24) is 19.5 Å². The van der Waals surface area contributed by atoms with Crippen LogP contribution in [0.3, 0.4) is 0 Å². The average Bonchev–Trinajstić information content (AvgIpc) is 3.34. The van der Waals surface area contributed by atoms with Crippen LogP contribution in [0.25, 0.3) is 21.6 Å². The largest absolute Gasteiger partial charge is 0.388 e. The normalized spacial score (nSPS) is 23.3. The zero-order valence-corrected chi connectivity index (χ0v) is 15.9. The predicted molar refractivity (Wildman–Crippen MR) is 104 cm³/mol. The Labute approximate surface area is 170 Å². The maximum absolute atomic E-state index is 12.5. The van der Waals surface area contributed by atoms with Crippen molar-refractivity contribution in [2.45, 2.75) is 24.5 Å². The number of carbonyl (C=O) groups is 1. The van der Waals surface area contributed by atoms with Crippen LogP contribution in [-0.2, 0) is 9.47 Å². The third-order valence-electron chi connectivity index (χ3n) is 4.81. The van der Waals surface area contributed by atoms with Gasteiger partial charge in [0.2, 0.25) is 0 Å². The van der Waals surface area contributed by atoms with Crippen LogP contribution in [0.15, 0.2) is 48.1 Å². The monoisotopic (exact) mass is 410 g/mol. The smallest absolute Gasteiger partial charge is 0.256 e. The second kappa shape index (κ2) is 8.43. The van der Waals surface area contributed by atoms with E-state index in [9.17, 15) is 9.90 Å². The fourth-order valence-electron chi connectivity index (χ4n) is 3.36. The van der Waals surface area contributed by atoms with Crippen molar-refractivity contribution in [1.29, 1.82) is 0 Å². The Balaban J connectivity index is 1.64. The van der Waals surface area contributed by atoms with Crippen LogP contribution in [0.2, 0.25) is 0 Å². The van der Waals surface area contributed by atoms with Crippen LogP contribution in [0.5, 0.6) is 0 Å². The van der Waals surface area contributed by atoms with Crippen LogP contribution in [-0.4, -0.2) is 62.5 Å². The number of aliphatic hydroxyl groups excluding tert-OH is 1. The number of carbonyl (C=O) groups excluding carboxylic acids is 1. The highest BCUT2D eigenvalue weighted by Gasteiger charge is 2.45. The molecule has 0 aliphatic carbocycles. The zero-order valence-electron chi connectivity index (χ0n) is 15.9. The fourth-order valence-corrected chi connectivity index (χ4v) is 3.36. The van der Waals surface area contributed by atoms with Crippen LogP contribution in [0.4, 0.5) is 5.82 Å². The molecule has 30 heavy (non-hydrogen) atoms. The standard InChI is InChI=1S/C18H18N8O4/c1-29-14-13(27)11(7-23-25-19)30-18(14)26-9-22-12-15(20-8-21-16(12)26)24-17(28)10-5-3-2-4-6-10/h2-6,8-9,11,13-14,18,27H,7H2,1H3,(H,20,21,24,28)/t11-,13-,14-,18-/m1/s1. The van der Waals surface area contributed by atoms with Crippen molar-refractivity contribution in [2.75, 3.05) is 19.0 Å². The van der Waals surface area contributed by atoms with Gasteiger partial charge in [-0.25, -0.2) is 15.0 Å². The SMILES string of the molecule is CO[C@@H]1[C@H](O)[C@@H](CN=[N+]=[N-])O[C@H]1n1cnc2c(NC(=O)c3ccccc3)ncnc21. The molecule has 0 radical (unpaired) electrons. The summed E-state index contributed by atoms with van der Waals surface area (Å²) < 4.78 is 12.8. The van der Waals surface area contributed by atoms with E-state index in [4.69, 9.17) is 15.0 Å². The van der Waals surface area contributed by atoms with Gasteiger partial charge in [-0.1, -0.05) is 23.3 Å². The molecule has 3 aromatic rings. The first-order chi connectivity index (χ1) is 14.6. The number of aromatic nitrogens is 4. The number of hydrogen-bond acceptors (Lipinski definition) is 8. The van der Waals surface area contributed by atoms with Crippen molar-refractivity contribution in [3.8, 4) is 0 Å². The van der Waals surface area contributed by atoms with E-state index in [0.717, 1.165) is 0 Å². The lowest BCUT2D eigenvalue weighted by molar-refractivity contribution is -0.0481. The van der Waals surface area contributed by atoms with E-state index < -0.39 is 24.5 Å². The van der Waals surface area contributed by atoms with Gasteiger partial charge in [-0.2, -0.15) is 0 Å². The Morgan fingerprint density at radius 3 is 2.90 bits per heavy atom. The number of fused-ring (bicyclic) bond motifs is 1. The van der Waals surface area contributed by atoms with Gasteiger partial charge in [-0.15, -0.1) is 0 Å². The van der Waals surface area contributed by atoms with E-state index in [1.807, 2.05) is 6.07 Å². The molecule has 12 heteroatoms. The van der Waals surface area contributed by atoms with Crippen LogP contribution >= 0.6 is 0 Å². The Hall–Kier alpha value is -3.57. The summed E-state index contributed by atoms with van der Waals surface area (Å²) in [7, 11) is 1.44. The number of methoxy groups -OCH3 is 1. The molecule has 1 saturated heterocycles. The number of hydrogen-bond donors (Lipinski definition) is 2. The number of imidazole rings is 1. The molecule has 12 nitrogen and oxygen atoms in total. The van der Waals surface area contributed by atoms with Crippen LogP contribution in [0, 0.1) is 0 Å². The van der Waals surface area contributed by atoms with E-state index in [2.05, 4.69) is 30.3 Å². The Morgan fingerprint density at radius 1 is 1.37 bits per heavy atom. The lowest BCUT2D eigenvalue weighted by Crippen LogP contribution is -2.34. The summed E-state index contributed by atoms with van der Waals surface area (Å²) in [5, 5.41) is 16.7. The highest BCUT2D eigenvalue weighted by molar-refractivity contribution is 6.06. The molecule has 4 rings (SSSR count). The number of aliphatic hydroxyl groups is 1. The van der Waals surface area contributed by atoms with E-state index in [0.29, 0.717) is 16.7 Å². The first-order valence-electron chi connectivity index (χ1n) is 9.05. The van der Waals surface area contributed by atoms with Gasteiger partial charge in [0.1, 0.15) is 18.5 Å². The molecule has 1 fully saturated rings. The maximum atomic E-state index is 12.5. The van der Waals surface area contributed by atoms with E-state index >= 15 is 0 Å². The molecule has 154 valence electrons. The van der Waals surface area contributed by atoms with Crippen molar-refractivity contribution in [3.63, 3.8) is 0 Å². The highest BCUT2D eigenvalue weighted by Crippen LogP contribution is 2.34. The number of azide groups is 1. The topological polar surface area (TPSA) is 160 Å². The summed E-state index contributed by atoms with van der Waals surface area (Å²) in [5.41, 5.74) is 9.75. The highest BCUT2D eigenvalue weighted by atomic mass is 16.6. The molecule has 0 saturated carbocycles. The Kier molecular flexibility index (Phi) is 5.55. The van der Waals surface area contributed by atoms with Gasteiger partial charge >= 0.3 is 0 Å². The van der Waals surface area contributed by atoms with Crippen LogP contribution in [0.1, 0.15) is 16.6 Å². The molecule has 2 N–H and O–H groups in total. The third kappa shape index (κ3) is 3.55. The maximum Gasteiger partial charge on any atom is 0.256 e. The fraction of sp³-hybridized carbons (Fsp3) is 0.333. The van der Waals surface area contributed by atoms with Gasteiger partial charge in [0.25, 0.3) is 5.91 Å². The minimum atomic E-state index is -1.01. The number of amides is 1. The number of rotatable bonds is 6. The van der Waals surface area contributed by atoms with Crippen molar-refractivity contribution >= 4 is 22.9 Å². The molecule has 1 amide bonds. The molecule has 4 atom stereocenters. The third-order valence-corrected chi connectivity index (χ3v) is 4.81. The molecule has 2 aromatic heterocycles. The summed E-state index contributed by atoms with van der Waals surface area (Å²) in [6, 6.07) is 8.72. The van der Waals surface area contributed by atoms with Gasteiger partial charge in [-0.05, 0) is 17.7 Å². The quantitative estimate of drug-likeness (QED) is 0.355. The van der Waals surface area contributed by atoms with Crippen molar-refractivity contribution in [3.05, 3.63) is 59.0 Å². The first kappa shape index (κ1) is 19.7. The second-order valence-electron chi connectivity index (χ2n) is 6.54. The Bertz CT molecular complexity index is 1100. The number of nitrogens with one attached hydrogen (secondary N) is 1. The molecule has 0 unspecified atom stereocenters. The van der Waals surface area contributed by atoms with Gasteiger partial charge in [0, 0.05) is 17.6 Å². The number of anilines is 1. The van der Waals surface area contributed by atoms with Crippen molar-refractivity contribution < 1.29 is 19.4 Å². The molecule has 0 spiro atoms. The van der Waals surface area contributed by atoms with E-state index in [1.54, 1.807) is 28.8 Å². The summed E-state index contributed by atoms with van der Waals surface area (Å²) in [6.45, 7) is -0.0476. The van der Waals surface area contributed by atoms with E-state index in [1.165, 1.54) is 19.8 Å². The second-order valence-corrected chi connectivity index (χ2v) is 6.54. The summed E-state index contributed by atoms with van der Waals surface area (Å²) in [5.74, 6) is -0.0902. The molecule has 3 heterocycles. The number of nitrogens with zero attached hydrogens (tertiary/aromatic N) is 7. The van der Waals surface area contributed by atoms with Crippen molar-refractivity contribution in [2.24, 2.45) is 5.11 Å². The Morgan fingerprint density at radius 2 is 2.17 bits per heavy atom. The number of ether oxygens (including phenoxy) is 2. The minimum Gasteiger partial charge on any atom is -0.388 e. The summed E-state index contributed by atoms with van der Waals surface area (Å²) in [4.78, 5) is 27.9. The van der Waals surface area contributed by atoms with Gasteiger partial charge in [0.15, 0.2) is 23.2 Å². The van der Waals surface area contributed by atoms with Gasteiger partial charge in [0.05, 0.1) is 19.0 Å². The van der Waals surface area contributed by atoms with Gasteiger partial charge < -0.3 is 19.9 Å². The first-order valence-corrected chi connectivity index (χ1v) is 9.05. The number of benzene rings is 1. The predicted octanol–water partition coefficient (Wildman–Crippen LogP) is 1.66. The molecule has 0 bridgehead atoms. The molecular formula is C18H18N8O4. The molecule has 1 aliphatic rings. The molecular weight excluding hydrogens is 392 g/mol. The zero-order chi connectivity index (χ0) is 21.1. The lowest BCUT2D eigenvalue weighted by Gasteiger charge is -2.19. The average molecular weight is 410 g/mol. The minimum absolute atomic E-state index is 0.0476. The van der Waals surface area contributed by atoms with Gasteiger partial charge in [-0.3, -0.25) is 9.36 Å². The molecule has 1 aromatic carbocycles. The van der Waals surface area contributed by atoms with Crippen LogP contribution < -0.4 is 5.32 Å². The molecule has 1 aliphatic heterocycles. The lowest BCUT2D eigenvalue weighted by atomic mass is 10.1. The summed E-state index contributed by atoms with van der Waals surface area (Å²) in [6.07, 6.45) is -0.489. The summed E-state index contributed by atoms with van der Waals surface area (Å²) >= 11 is 0.